The largest absolute Gasteiger partial charge is 0.315 e. The van der Waals surface area contributed by atoms with Crippen molar-refractivity contribution in [3.8, 4) is 5.69 Å². The summed E-state index contributed by atoms with van der Waals surface area (Å²) in [6.45, 7) is 3.93. The maximum Gasteiger partial charge on any atom is 0.240 e. The highest BCUT2D eigenvalue weighted by molar-refractivity contribution is 8.02. The fourth-order valence-corrected chi connectivity index (χ4v) is 5.10. The molecule has 0 aliphatic carbocycles. The van der Waals surface area contributed by atoms with Gasteiger partial charge in [0.25, 0.3) is 0 Å². The Hall–Kier alpha value is -1.96. The van der Waals surface area contributed by atoms with Crippen molar-refractivity contribution in [3.63, 3.8) is 0 Å². The number of amides is 1. The van der Waals surface area contributed by atoms with E-state index >= 15 is 0 Å². The standard InChI is InChI=1S/C19H19N3OS3/c1-13-9-7-8-12-16(13)22-19(24)26-18(20-22)25-14(2)17(23)21(3)15-10-5-4-6-11-15/h4-12,14H,1-3H3/t14-/m0/s1. The molecule has 0 saturated carbocycles. The summed E-state index contributed by atoms with van der Waals surface area (Å²) in [6.07, 6.45) is 0. The van der Waals surface area contributed by atoms with Gasteiger partial charge < -0.3 is 4.90 Å². The second kappa shape index (κ2) is 8.16. The van der Waals surface area contributed by atoms with Crippen molar-refractivity contribution >= 4 is 46.9 Å². The first kappa shape index (κ1) is 18.8. The van der Waals surface area contributed by atoms with Crippen LogP contribution < -0.4 is 4.90 Å². The first-order valence-electron chi connectivity index (χ1n) is 8.13. The Labute approximate surface area is 166 Å². The minimum Gasteiger partial charge on any atom is -0.315 e. The Kier molecular flexibility index (Phi) is 5.90. The Morgan fingerprint density at radius 2 is 1.85 bits per heavy atom. The molecular formula is C19H19N3OS3. The zero-order chi connectivity index (χ0) is 18.7. The highest BCUT2D eigenvalue weighted by atomic mass is 32.2. The van der Waals surface area contributed by atoms with Crippen LogP contribution in [0, 0.1) is 10.9 Å². The molecule has 0 fully saturated rings. The van der Waals surface area contributed by atoms with E-state index in [0.717, 1.165) is 21.3 Å². The number of para-hydroxylation sites is 2. The van der Waals surface area contributed by atoms with Gasteiger partial charge in [-0.3, -0.25) is 4.79 Å². The number of hydrogen-bond acceptors (Lipinski definition) is 5. The number of nitrogens with zero attached hydrogens (tertiary/aromatic N) is 3. The van der Waals surface area contributed by atoms with Crippen LogP contribution in [-0.4, -0.2) is 28.0 Å². The van der Waals surface area contributed by atoms with Crippen molar-refractivity contribution in [2.45, 2.75) is 23.4 Å². The molecule has 0 unspecified atom stereocenters. The zero-order valence-corrected chi connectivity index (χ0v) is 17.2. The number of anilines is 1. The minimum atomic E-state index is -0.258. The van der Waals surface area contributed by atoms with E-state index in [9.17, 15) is 4.79 Å². The van der Waals surface area contributed by atoms with E-state index in [1.165, 1.54) is 23.1 Å². The average molecular weight is 402 g/mol. The second-order valence-electron chi connectivity index (χ2n) is 5.83. The Bertz CT molecular complexity index is 965. The van der Waals surface area contributed by atoms with Gasteiger partial charge in [0, 0.05) is 12.7 Å². The summed E-state index contributed by atoms with van der Waals surface area (Å²) in [7, 11) is 1.79. The molecule has 1 atom stereocenters. The number of aromatic nitrogens is 2. The molecule has 134 valence electrons. The Balaban J connectivity index is 1.77. The number of benzene rings is 2. The predicted octanol–water partition coefficient (Wildman–Crippen LogP) is 5.12. The van der Waals surface area contributed by atoms with Gasteiger partial charge in [0.05, 0.1) is 10.9 Å². The molecule has 0 saturated heterocycles. The molecule has 4 nitrogen and oxygen atoms in total. The molecule has 0 aliphatic heterocycles. The lowest BCUT2D eigenvalue weighted by Crippen LogP contribution is -2.33. The zero-order valence-electron chi connectivity index (χ0n) is 14.7. The third-order valence-electron chi connectivity index (χ3n) is 3.97. The molecule has 1 amide bonds. The van der Waals surface area contributed by atoms with Crippen LogP contribution in [0.2, 0.25) is 0 Å². The van der Waals surface area contributed by atoms with Crippen molar-refractivity contribution in [3.05, 3.63) is 64.1 Å². The molecule has 3 rings (SSSR count). The fourth-order valence-electron chi connectivity index (χ4n) is 2.51. The van der Waals surface area contributed by atoms with Crippen LogP contribution in [-0.2, 0) is 4.79 Å². The van der Waals surface area contributed by atoms with Crippen LogP contribution in [0.25, 0.3) is 5.69 Å². The van der Waals surface area contributed by atoms with Crippen LogP contribution in [0.3, 0.4) is 0 Å². The lowest BCUT2D eigenvalue weighted by molar-refractivity contribution is -0.117. The van der Waals surface area contributed by atoms with Crippen LogP contribution in [0.15, 0.2) is 58.9 Å². The maximum absolute atomic E-state index is 12.7. The van der Waals surface area contributed by atoms with Gasteiger partial charge in [-0.2, -0.15) is 0 Å². The van der Waals surface area contributed by atoms with Crippen molar-refractivity contribution in [2.75, 3.05) is 11.9 Å². The molecule has 1 aromatic heterocycles. The first-order valence-corrected chi connectivity index (χ1v) is 10.2. The SMILES string of the molecule is Cc1ccccc1-n1nc(S[C@@H](C)C(=O)N(C)c2ccccc2)sc1=S. The summed E-state index contributed by atoms with van der Waals surface area (Å²) in [6, 6.07) is 17.6. The van der Waals surface area contributed by atoms with Gasteiger partial charge in [0.15, 0.2) is 8.29 Å². The number of hydrogen-bond donors (Lipinski definition) is 0. The number of thioether (sulfide) groups is 1. The van der Waals surface area contributed by atoms with E-state index in [-0.39, 0.29) is 11.2 Å². The maximum atomic E-state index is 12.7. The predicted molar refractivity (Wildman–Crippen MR) is 112 cm³/mol. The van der Waals surface area contributed by atoms with E-state index in [1.807, 2.05) is 68.4 Å². The van der Waals surface area contributed by atoms with E-state index < -0.39 is 0 Å². The summed E-state index contributed by atoms with van der Waals surface area (Å²) in [4.78, 5) is 14.4. The van der Waals surface area contributed by atoms with Gasteiger partial charge in [-0.1, -0.05) is 59.5 Å². The second-order valence-corrected chi connectivity index (χ2v) is 9.04. The van der Waals surface area contributed by atoms with Crippen LogP contribution in [0.1, 0.15) is 12.5 Å². The highest BCUT2D eigenvalue weighted by Crippen LogP contribution is 2.29. The molecule has 0 spiro atoms. The topological polar surface area (TPSA) is 38.1 Å². The molecule has 0 radical (unpaired) electrons. The number of rotatable bonds is 5. The van der Waals surface area contributed by atoms with Gasteiger partial charge >= 0.3 is 0 Å². The van der Waals surface area contributed by atoms with E-state index in [4.69, 9.17) is 12.2 Å². The number of aryl methyl sites for hydroxylation is 1. The molecule has 3 aromatic rings. The van der Waals surface area contributed by atoms with E-state index in [0.29, 0.717) is 3.95 Å². The highest BCUT2D eigenvalue weighted by Gasteiger charge is 2.21. The van der Waals surface area contributed by atoms with Crippen LogP contribution in [0.5, 0.6) is 0 Å². The van der Waals surface area contributed by atoms with Crippen LogP contribution >= 0.6 is 35.3 Å². The molecule has 0 aliphatic rings. The van der Waals surface area contributed by atoms with Crippen LogP contribution in [0.4, 0.5) is 5.69 Å². The van der Waals surface area contributed by atoms with Gasteiger partial charge in [-0.05, 0) is 49.8 Å². The third kappa shape index (κ3) is 4.06. The molecule has 1 heterocycles. The fraction of sp³-hybridized carbons (Fsp3) is 0.211. The van der Waals surface area contributed by atoms with Gasteiger partial charge in [-0.25, -0.2) is 4.68 Å². The van der Waals surface area contributed by atoms with Crippen molar-refractivity contribution < 1.29 is 4.79 Å². The average Bonchev–Trinajstić information content (AvgIpc) is 3.01. The molecule has 26 heavy (non-hydrogen) atoms. The van der Waals surface area contributed by atoms with Gasteiger partial charge in [0.2, 0.25) is 5.91 Å². The number of carbonyl (C=O) groups excluding carboxylic acids is 1. The first-order chi connectivity index (χ1) is 12.5. The molecule has 2 aromatic carbocycles. The van der Waals surface area contributed by atoms with Crippen molar-refractivity contribution in [2.24, 2.45) is 0 Å². The lowest BCUT2D eigenvalue weighted by atomic mass is 10.2. The normalized spacial score (nSPS) is 12.0. The minimum absolute atomic E-state index is 0.0322. The molecule has 0 bridgehead atoms. The summed E-state index contributed by atoms with van der Waals surface area (Å²) in [5, 5.41) is 4.36. The van der Waals surface area contributed by atoms with Gasteiger partial charge in [-0.15, -0.1) is 5.10 Å². The summed E-state index contributed by atoms with van der Waals surface area (Å²) >= 11 is 8.34. The molecular weight excluding hydrogens is 382 g/mol. The Morgan fingerprint density at radius 3 is 2.54 bits per heavy atom. The third-order valence-corrected chi connectivity index (χ3v) is 6.38. The Morgan fingerprint density at radius 1 is 1.19 bits per heavy atom. The smallest absolute Gasteiger partial charge is 0.240 e. The van der Waals surface area contributed by atoms with Crippen molar-refractivity contribution in [1.82, 2.24) is 9.78 Å². The monoisotopic (exact) mass is 401 g/mol. The summed E-state index contributed by atoms with van der Waals surface area (Å²) < 4.78 is 3.24. The molecule has 0 N–H and O–H groups in total. The van der Waals surface area contributed by atoms with E-state index in [2.05, 4.69) is 5.10 Å². The summed E-state index contributed by atoms with van der Waals surface area (Å²) in [5.41, 5.74) is 2.96. The van der Waals surface area contributed by atoms with E-state index in [1.54, 1.807) is 16.6 Å². The summed E-state index contributed by atoms with van der Waals surface area (Å²) in [5.74, 6) is 0.0322. The number of carbonyl (C=O) groups is 1. The van der Waals surface area contributed by atoms with Gasteiger partial charge in [0.1, 0.15) is 0 Å². The molecule has 7 heteroatoms. The lowest BCUT2D eigenvalue weighted by Gasteiger charge is -2.20. The quantitative estimate of drug-likeness (QED) is 0.440. The van der Waals surface area contributed by atoms with Crippen molar-refractivity contribution in [1.29, 1.82) is 0 Å².